The SMILES string of the molecule is CCOC(=O)c1cc(C)sc1NC(=O)c1ccc(C)nc1. The molecule has 21 heavy (non-hydrogen) atoms. The number of hydrogen-bond donors (Lipinski definition) is 1. The molecule has 0 saturated heterocycles. The Hall–Kier alpha value is -2.21. The average molecular weight is 304 g/mol. The number of carbonyl (C=O) groups excluding carboxylic acids is 2. The van der Waals surface area contributed by atoms with E-state index in [0.29, 0.717) is 22.7 Å². The normalized spacial score (nSPS) is 10.2. The summed E-state index contributed by atoms with van der Waals surface area (Å²) in [5.41, 5.74) is 1.67. The van der Waals surface area contributed by atoms with E-state index in [9.17, 15) is 9.59 Å². The first-order valence-corrected chi connectivity index (χ1v) is 7.34. The van der Waals surface area contributed by atoms with Crippen LogP contribution in [0.15, 0.2) is 24.4 Å². The number of ether oxygens (including phenoxy) is 1. The van der Waals surface area contributed by atoms with Gasteiger partial charge in [-0.05, 0) is 39.0 Å². The molecule has 0 unspecified atom stereocenters. The molecule has 2 aromatic rings. The third-order valence-corrected chi connectivity index (χ3v) is 3.72. The Bertz CT molecular complexity index is 662. The van der Waals surface area contributed by atoms with E-state index in [1.54, 1.807) is 25.1 Å². The lowest BCUT2D eigenvalue weighted by molar-refractivity contribution is 0.0528. The number of amides is 1. The molecule has 6 heteroatoms. The van der Waals surface area contributed by atoms with Gasteiger partial charge in [0.05, 0.1) is 17.7 Å². The molecule has 2 aromatic heterocycles. The topological polar surface area (TPSA) is 68.3 Å². The van der Waals surface area contributed by atoms with Crippen LogP contribution in [0.3, 0.4) is 0 Å². The summed E-state index contributed by atoms with van der Waals surface area (Å²) in [6, 6.07) is 5.18. The van der Waals surface area contributed by atoms with Gasteiger partial charge in [-0.3, -0.25) is 9.78 Å². The summed E-state index contributed by atoms with van der Waals surface area (Å²) in [5.74, 6) is -0.728. The molecule has 0 fully saturated rings. The number of anilines is 1. The second-order valence-corrected chi connectivity index (χ2v) is 5.72. The molecular formula is C15H16N2O3S. The standard InChI is InChI=1S/C15H16N2O3S/c1-4-20-15(19)12-7-10(3)21-14(12)17-13(18)11-6-5-9(2)16-8-11/h5-8H,4H2,1-3H3,(H,17,18). The minimum absolute atomic E-state index is 0.295. The van der Waals surface area contributed by atoms with Crippen LogP contribution in [0, 0.1) is 13.8 Å². The lowest BCUT2D eigenvalue weighted by Crippen LogP contribution is -2.14. The maximum Gasteiger partial charge on any atom is 0.341 e. The summed E-state index contributed by atoms with van der Waals surface area (Å²) >= 11 is 1.34. The largest absolute Gasteiger partial charge is 0.462 e. The van der Waals surface area contributed by atoms with E-state index < -0.39 is 5.97 Å². The van der Waals surface area contributed by atoms with Crippen LogP contribution < -0.4 is 5.32 Å². The van der Waals surface area contributed by atoms with E-state index in [2.05, 4.69) is 10.3 Å². The van der Waals surface area contributed by atoms with E-state index >= 15 is 0 Å². The molecule has 1 N–H and O–H groups in total. The number of nitrogens with one attached hydrogen (secondary N) is 1. The quantitative estimate of drug-likeness (QED) is 0.881. The summed E-state index contributed by atoms with van der Waals surface area (Å²) in [5, 5.41) is 3.24. The number of rotatable bonds is 4. The molecule has 0 saturated carbocycles. The Morgan fingerprint density at radius 1 is 1.33 bits per heavy atom. The van der Waals surface area contributed by atoms with Crippen LogP contribution in [0.25, 0.3) is 0 Å². The van der Waals surface area contributed by atoms with Gasteiger partial charge in [0, 0.05) is 16.8 Å². The summed E-state index contributed by atoms with van der Waals surface area (Å²) in [7, 11) is 0. The number of carbonyl (C=O) groups is 2. The Morgan fingerprint density at radius 2 is 2.10 bits per heavy atom. The highest BCUT2D eigenvalue weighted by atomic mass is 32.1. The van der Waals surface area contributed by atoms with Crippen LogP contribution in [-0.2, 0) is 4.74 Å². The van der Waals surface area contributed by atoms with Crippen LogP contribution in [0.1, 0.15) is 38.2 Å². The summed E-state index contributed by atoms with van der Waals surface area (Å²) < 4.78 is 4.99. The third kappa shape index (κ3) is 3.66. The highest BCUT2D eigenvalue weighted by molar-refractivity contribution is 7.16. The number of hydrogen-bond acceptors (Lipinski definition) is 5. The second kappa shape index (κ2) is 6.49. The number of esters is 1. The zero-order chi connectivity index (χ0) is 15.4. The zero-order valence-electron chi connectivity index (χ0n) is 12.1. The van der Waals surface area contributed by atoms with E-state index in [4.69, 9.17) is 4.74 Å². The molecule has 0 aliphatic heterocycles. The van der Waals surface area contributed by atoms with E-state index in [0.717, 1.165) is 10.6 Å². The smallest absolute Gasteiger partial charge is 0.341 e. The molecule has 110 valence electrons. The first-order valence-electron chi connectivity index (χ1n) is 6.52. The Labute approximate surface area is 127 Å². The van der Waals surface area contributed by atoms with Gasteiger partial charge in [-0.1, -0.05) is 0 Å². The van der Waals surface area contributed by atoms with Crippen molar-refractivity contribution in [1.82, 2.24) is 4.98 Å². The van der Waals surface area contributed by atoms with Crippen molar-refractivity contribution >= 4 is 28.2 Å². The number of nitrogens with zero attached hydrogens (tertiary/aromatic N) is 1. The predicted octanol–water partition coefficient (Wildman–Crippen LogP) is 3.19. The number of aromatic nitrogens is 1. The highest BCUT2D eigenvalue weighted by Gasteiger charge is 2.18. The third-order valence-electron chi connectivity index (χ3n) is 2.75. The molecule has 0 aliphatic rings. The molecule has 5 nitrogen and oxygen atoms in total. The van der Waals surface area contributed by atoms with Crippen molar-refractivity contribution in [2.45, 2.75) is 20.8 Å². The first kappa shape index (κ1) is 15.2. The number of aryl methyl sites for hydroxylation is 2. The Morgan fingerprint density at radius 3 is 2.71 bits per heavy atom. The molecule has 0 aromatic carbocycles. The maximum atomic E-state index is 12.2. The van der Waals surface area contributed by atoms with Crippen LogP contribution >= 0.6 is 11.3 Å². The molecule has 1 amide bonds. The molecule has 0 atom stereocenters. The zero-order valence-corrected chi connectivity index (χ0v) is 12.9. The van der Waals surface area contributed by atoms with E-state index in [1.807, 2.05) is 13.8 Å². The first-order chi connectivity index (χ1) is 10.0. The molecule has 0 bridgehead atoms. The minimum atomic E-state index is -0.431. The van der Waals surface area contributed by atoms with Gasteiger partial charge >= 0.3 is 5.97 Å². The van der Waals surface area contributed by atoms with Crippen LogP contribution in [-0.4, -0.2) is 23.5 Å². The molecule has 0 aliphatic carbocycles. The fourth-order valence-electron chi connectivity index (χ4n) is 1.74. The fourth-order valence-corrected chi connectivity index (χ4v) is 2.64. The van der Waals surface area contributed by atoms with Crippen molar-refractivity contribution < 1.29 is 14.3 Å². The van der Waals surface area contributed by atoms with Gasteiger partial charge < -0.3 is 10.1 Å². The second-order valence-electron chi connectivity index (χ2n) is 4.46. The molecule has 2 rings (SSSR count). The summed E-state index contributed by atoms with van der Waals surface area (Å²) in [6.45, 7) is 5.76. The van der Waals surface area contributed by atoms with E-state index in [-0.39, 0.29) is 5.91 Å². The van der Waals surface area contributed by atoms with Crippen molar-refractivity contribution in [2.75, 3.05) is 11.9 Å². The van der Waals surface area contributed by atoms with Crippen LogP contribution in [0.4, 0.5) is 5.00 Å². The summed E-state index contributed by atoms with van der Waals surface area (Å²) in [4.78, 5) is 29.0. The van der Waals surface area contributed by atoms with E-state index in [1.165, 1.54) is 17.5 Å². The van der Waals surface area contributed by atoms with Gasteiger partial charge in [-0.15, -0.1) is 11.3 Å². The number of thiophene rings is 1. The molecular weight excluding hydrogens is 288 g/mol. The van der Waals surface area contributed by atoms with Crippen molar-refractivity contribution in [3.63, 3.8) is 0 Å². The monoisotopic (exact) mass is 304 g/mol. The van der Waals surface area contributed by atoms with Crippen molar-refractivity contribution in [3.05, 3.63) is 46.1 Å². The van der Waals surface area contributed by atoms with Crippen LogP contribution in [0.5, 0.6) is 0 Å². The summed E-state index contributed by atoms with van der Waals surface area (Å²) in [6.07, 6.45) is 1.51. The van der Waals surface area contributed by atoms with Crippen LogP contribution in [0.2, 0.25) is 0 Å². The average Bonchev–Trinajstić information content (AvgIpc) is 2.80. The van der Waals surface area contributed by atoms with Gasteiger partial charge in [0.25, 0.3) is 5.91 Å². The van der Waals surface area contributed by atoms with Gasteiger partial charge in [-0.2, -0.15) is 0 Å². The molecule has 0 spiro atoms. The minimum Gasteiger partial charge on any atom is -0.462 e. The maximum absolute atomic E-state index is 12.2. The Kier molecular flexibility index (Phi) is 4.70. The lowest BCUT2D eigenvalue weighted by atomic mass is 10.2. The predicted molar refractivity (Wildman–Crippen MR) is 81.9 cm³/mol. The van der Waals surface area contributed by atoms with Gasteiger partial charge in [0.15, 0.2) is 0 Å². The lowest BCUT2D eigenvalue weighted by Gasteiger charge is -2.06. The van der Waals surface area contributed by atoms with Crippen molar-refractivity contribution in [1.29, 1.82) is 0 Å². The number of pyridine rings is 1. The highest BCUT2D eigenvalue weighted by Crippen LogP contribution is 2.28. The van der Waals surface area contributed by atoms with Crippen molar-refractivity contribution in [3.8, 4) is 0 Å². The van der Waals surface area contributed by atoms with Crippen molar-refractivity contribution in [2.24, 2.45) is 0 Å². The fraction of sp³-hybridized carbons (Fsp3) is 0.267. The van der Waals surface area contributed by atoms with Gasteiger partial charge in [-0.25, -0.2) is 4.79 Å². The van der Waals surface area contributed by atoms with Gasteiger partial charge in [0.2, 0.25) is 0 Å². The molecule has 0 radical (unpaired) electrons. The molecule has 2 heterocycles. The van der Waals surface area contributed by atoms with Gasteiger partial charge in [0.1, 0.15) is 5.00 Å². The Balaban J connectivity index is 2.21.